The Bertz CT molecular complexity index is 410. The smallest absolute Gasteiger partial charge is 0.137 e. The van der Waals surface area contributed by atoms with E-state index in [9.17, 15) is 0 Å². The molecule has 0 aliphatic carbocycles. The molecule has 0 aromatic carbocycles. The van der Waals surface area contributed by atoms with E-state index in [-0.39, 0.29) is 0 Å². The first kappa shape index (κ1) is 17.2. The van der Waals surface area contributed by atoms with Gasteiger partial charge in [-0.3, -0.25) is 0 Å². The van der Waals surface area contributed by atoms with Gasteiger partial charge < -0.3 is 10.1 Å². The Morgan fingerprint density at radius 2 is 2.00 bits per heavy atom. The van der Waals surface area contributed by atoms with E-state index in [1.807, 2.05) is 6.92 Å². The van der Waals surface area contributed by atoms with Gasteiger partial charge in [-0.1, -0.05) is 32.4 Å². The lowest BCUT2D eigenvalue weighted by Gasteiger charge is -2.12. The van der Waals surface area contributed by atoms with Crippen molar-refractivity contribution in [3.05, 3.63) is 16.5 Å². The number of aryl methyl sites for hydroxylation is 1. The summed E-state index contributed by atoms with van der Waals surface area (Å²) in [5.74, 6) is 2.30. The van der Waals surface area contributed by atoms with Gasteiger partial charge in [-0.15, -0.1) is 0 Å². The fraction of sp³-hybridized carbons (Fsp3) is 0.733. The highest BCUT2D eigenvalue weighted by Gasteiger charge is 2.08. The molecule has 0 saturated heterocycles. The van der Waals surface area contributed by atoms with Gasteiger partial charge in [0.1, 0.15) is 16.8 Å². The molecule has 0 radical (unpaired) electrons. The molecule has 0 bridgehead atoms. The molecule has 0 fully saturated rings. The molecular formula is C15H26ClN3O. The van der Waals surface area contributed by atoms with E-state index in [1.54, 1.807) is 0 Å². The minimum Gasteiger partial charge on any atom is -0.380 e. The summed E-state index contributed by atoms with van der Waals surface area (Å²) in [7, 11) is 0. The summed E-state index contributed by atoms with van der Waals surface area (Å²) in [6.07, 6.45) is 2.95. The third-order valence-corrected chi connectivity index (χ3v) is 3.35. The lowest BCUT2D eigenvalue weighted by molar-refractivity contribution is 0.132. The van der Waals surface area contributed by atoms with Gasteiger partial charge in [-0.2, -0.15) is 0 Å². The number of ether oxygens (including phenoxy) is 1. The van der Waals surface area contributed by atoms with Crippen molar-refractivity contribution in [2.24, 2.45) is 5.92 Å². The normalized spacial score (nSPS) is 11.1. The summed E-state index contributed by atoms with van der Waals surface area (Å²) in [5, 5.41) is 3.81. The second kappa shape index (κ2) is 9.14. The number of halogens is 1. The van der Waals surface area contributed by atoms with Gasteiger partial charge in [-0.05, 0) is 25.7 Å². The molecule has 0 saturated carbocycles. The van der Waals surface area contributed by atoms with Gasteiger partial charge in [0, 0.05) is 25.1 Å². The van der Waals surface area contributed by atoms with Crippen LogP contribution < -0.4 is 5.32 Å². The molecule has 1 rings (SSSR count). The number of hydrogen-bond acceptors (Lipinski definition) is 4. The number of nitrogens with zero attached hydrogens (tertiary/aromatic N) is 2. The van der Waals surface area contributed by atoms with Crippen LogP contribution in [0.4, 0.5) is 5.82 Å². The second-order valence-corrected chi connectivity index (χ2v) is 5.73. The Hall–Kier alpha value is -0.870. The van der Waals surface area contributed by atoms with Crippen molar-refractivity contribution < 1.29 is 4.74 Å². The van der Waals surface area contributed by atoms with E-state index in [4.69, 9.17) is 16.3 Å². The van der Waals surface area contributed by atoms with Crippen molar-refractivity contribution in [3.8, 4) is 0 Å². The molecule has 0 amide bonds. The zero-order valence-corrected chi connectivity index (χ0v) is 13.8. The van der Waals surface area contributed by atoms with Crippen LogP contribution in [0.25, 0.3) is 0 Å². The average Bonchev–Trinajstić information content (AvgIpc) is 2.39. The Labute approximate surface area is 127 Å². The summed E-state index contributed by atoms with van der Waals surface area (Å²) in [6, 6.07) is 0. The largest absolute Gasteiger partial charge is 0.380 e. The van der Waals surface area contributed by atoms with Crippen LogP contribution in [0.2, 0.25) is 5.15 Å². The van der Waals surface area contributed by atoms with Crippen molar-refractivity contribution in [2.75, 3.05) is 25.1 Å². The summed E-state index contributed by atoms with van der Waals surface area (Å²) >= 11 is 6.13. The lowest BCUT2D eigenvalue weighted by Crippen LogP contribution is -2.14. The minimum atomic E-state index is 0.534. The van der Waals surface area contributed by atoms with Crippen molar-refractivity contribution >= 4 is 17.4 Å². The molecule has 4 nitrogen and oxygen atoms in total. The molecule has 1 aromatic heterocycles. The molecule has 1 N–H and O–H groups in total. The number of hydrogen-bond donors (Lipinski definition) is 1. The van der Waals surface area contributed by atoms with Crippen LogP contribution in [0.5, 0.6) is 0 Å². The van der Waals surface area contributed by atoms with Crippen LogP contribution in [0.3, 0.4) is 0 Å². The van der Waals surface area contributed by atoms with Gasteiger partial charge in [0.25, 0.3) is 0 Å². The first-order chi connectivity index (χ1) is 9.54. The number of aromatic nitrogens is 2. The topological polar surface area (TPSA) is 47.0 Å². The predicted molar refractivity (Wildman–Crippen MR) is 84.5 cm³/mol. The van der Waals surface area contributed by atoms with E-state index in [0.29, 0.717) is 17.7 Å². The lowest BCUT2D eigenvalue weighted by atomic mass is 10.1. The van der Waals surface area contributed by atoms with Crippen LogP contribution in [-0.4, -0.2) is 29.7 Å². The van der Waals surface area contributed by atoms with Crippen LogP contribution in [0, 0.1) is 12.8 Å². The van der Waals surface area contributed by atoms with Crippen LogP contribution in [0.15, 0.2) is 0 Å². The SMILES string of the molecule is CCCc1nc(Cl)c(C)c(NCCOCCC(C)C)n1. The zero-order chi connectivity index (χ0) is 15.0. The number of rotatable bonds is 9. The molecule has 0 spiro atoms. The molecule has 20 heavy (non-hydrogen) atoms. The summed E-state index contributed by atoms with van der Waals surface area (Å²) < 4.78 is 5.58. The Morgan fingerprint density at radius 3 is 2.65 bits per heavy atom. The van der Waals surface area contributed by atoms with Gasteiger partial charge in [0.2, 0.25) is 0 Å². The highest BCUT2D eigenvalue weighted by atomic mass is 35.5. The van der Waals surface area contributed by atoms with Crippen LogP contribution in [-0.2, 0) is 11.2 Å². The van der Waals surface area contributed by atoms with E-state index in [1.165, 1.54) is 0 Å². The third-order valence-electron chi connectivity index (χ3n) is 2.98. The van der Waals surface area contributed by atoms with Crippen molar-refractivity contribution in [1.82, 2.24) is 9.97 Å². The molecule has 114 valence electrons. The maximum absolute atomic E-state index is 6.13. The van der Waals surface area contributed by atoms with Gasteiger partial charge >= 0.3 is 0 Å². The maximum Gasteiger partial charge on any atom is 0.137 e. The number of nitrogens with one attached hydrogen (secondary N) is 1. The fourth-order valence-corrected chi connectivity index (χ4v) is 1.89. The molecular weight excluding hydrogens is 274 g/mol. The number of anilines is 1. The molecule has 0 unspecified atom stereocenters. The minimum absolute atomic E-state index is 0.534. The van der Waals surface area contributed by atoms with Gasteiger partial charge in [-0.25, -0.2) is 9.97 Å². The quantitative estimate of drug-likeness (QED) is 0.555. The highest BCUT2D eigenvalue weighted by Crippen LogP contribution is 2.20. The molecule has 0 aliphatic heterocycles. The molecule has 1 heterocycles. The highest BCUT2D eigenvalue weighted by molar-refractivity contribution is 6.30. The molecule has 0 atom stereocenters. The van der Waals surface area contributed by atoms with E-state index in [2.05, 4.69) is 36.1 Å². The van der Waals surface area contributed by atoms with Crippen molar-refractivity contribution in [1.29, 1.82) is 0 Å². The second-order valence-electron chi connectivity index (χ2n) is 5.38. The zero-order valence-electron chi connectivity index (χ0n) is 13.0. The first-order valence-corrected chi connectivity index (χ1v) is 7.77. The third kappa shape index (κ3) is 6.06. The monoisotopic (exact) mass is 299 g/mol. The average molecular weight is 300 g/mol. The first-order valence-electron chi connectivity index (χ1n) is 7.39. The van der Waals surface area contributed by atoms with Crippen molar-refractivity contribution in [3.63, 3.8) is 0 Å². The summed E-state index contributed by atoms with van der Waals surface area (Å²) in [4.78, 5) is 8.79. The van der Waals surface area contributed by atoms with Gasteiger partial charge in [0.05, 0.1) is 6.61 Å². The van der Waals surface area contributed by atoms with Crippen LogP contribution >= 0.6 is 11.6 Å². The predicted octanol–water partition coefficient (Wildman–Crippen LogP) is 3.87. The summed E-state index contributed by atoms with van der Waals surface area (Å²) in [5.41, 5.74) is 0.897. The Kier molecular flexibility index (Phi) is 7.85. The standard InChI is InChI=1S/C15H26ClN3O/c1-5-6-13-18-14(16)12(4)15(19-13)17-8-10-20-9-7-11(2)3/h11H,5-10H2,1-4H3,(H,17,18,19). The maximum atomic E-state index is 6.13. The molecule has 5 heteroatoms. The molecule has 0 aliphatic rings. The van der Waals surface area contributed by atoms with E-state index < -0.39 is 0 Å². The van der Waals surface area contributed by atoms with E-state index >= 15 is 0 Å². The van der Waals surface area contributed by atoms with Crippen LogP contribution in [0.1, 0.15) is 45.0 Å². The molecule has 1 aromatic rings. The fourth-order valence-electron chi connectivity index (χ4n) is 1.70. The summed E-state index contributed by atoms with van der Waals surface area (Å²) in [6.45, 7) is 10.7. The Morgan fingerprint density at radius 1 is 1.25 bits per heavy atom. The van der Waals surface area contributed by atoms with E-state index in [0.717, 1.165) is 49.6 Å². The van der Waals surface area contributed by atoms with Gasteiger partial charge in [0.15, 0.2) is 0 Å². The van der Waals surface area contributed by atoms with Crippen molar-refractivity contribution in [2.45, 2.75) is 47.0 Å². The Balaban J connectivity index is 2.42.